The first kappa shape index (κ1) is 14.7. The van der Waals surface area contributed by atoms with E-state index in [1.54, 1.807) is 0 Å². The third-order valence-electron chi connectivity index (χ3n) is 5.05. The van der Waals surface area contributed by atoms with Crippen molar-refractivity contribution in [2.45, 2.75) is 18.8 Å². The van der Waals surface area contributed by atoms with Gasteiger partial charge in [0.1, 0.15) is 11.3 Å². The predicted octanol–water partition coefficient (Wildman–Crippen LogP) is 4.58. The molecule has 1 fully saturated rings. The van der Waals surface area contributed by atoms with E-state index in [0.717, 1.165) is 65.0 Å². The summed E-state index contributed by atoms with van der Waals surface area (Å²) in [7, 11) is 0. The van der Waals surface area contributed by atoms with E-state index >= 15 is 0 Å². The Morgan fingerprint density at radius 2 is 1.96 bits per heavy atom. The van der Waals surface area contributed by atoms with Crippen molar-refractivity contribution >= 4 is 22.0 Å². The number of nitrogens with zero attached hydrogens (tertiary/aromatic N) is 1. The Hall–Kier alpha value is -2.66. The maximum Gasteiger partial charge on any atom is 0.198 e. The molecule has 4 aromatic rings. The average Bonchev–Trinajstić information content (AvgIpc) is 3.25. The molecule has 3 heterocycles. The molecule has 0 unspecified atom stereocenters. The van der Waals surface area contributed by atoms with Crippen LogP contribution in [0.5, 0.6) is 0 Å². The zero-order chi connectivity index (χ0) is 16.8. The van der Waals surface area contributed by atoms with E-state index in [0.29, 0.717) is 5.92 Å². The average molecular weight is 335 g/mol. The molecule has 126 valence electrons. The number of aromatic amines is 1. The second-order valence-corrected chi connectivity index (χ2v) is 6.65. The van der Waals surface area contributed by atoms with Gasteiger partial charge in [-0.1, -0.05) is 6.07 Å². The molecule has 2 N–H and O–H groups in total. The minimum absolute atomic E-state index is 0.237. The molecule has 1 aliphatic heterocycles. The molecule has 2 aromatic heterocycles. The standard InChI is InChI=1S/C20H18FN3O/c21-14-2-3-15-16(11-23-17(15)10-14)13-1-4-19-18(9-13)24-20(25-19)12-5-7-22-8-6-12/h1-4,9-12,22-23H,5-8H2. The Kier molecular flexibility index (Phi) is 3.35. The number of benzene rings is 2. The van der Waals surface area contributed by atoms with Crippen molar-refractivity contribution in [3.63, 3.8) is 0 Å². The van der Waals surface area contributed by atoms with Crippen LogP contribution >= 0.6 is 0 Å². The zero-order valence-electron chi connectivity index (χ0n) is 13.7. The first-order chi connectivity index (χ1) is 12.3. The molecule has 5 rings (SSSR count). The van der Waals surface area contributed by atoms with Crippen LogP contribution in [0, 0.1) is 5.82 Å². The van der Waals surface area contributed by atoms with Gasteiger partial charge in [0.25, 0.3) is 0 Å². The molecular formula is C20H18FN3O. The minimum atomic E-state index is -0.237. The second-order valence-electron chi connectivity index (χ2n) is 6.65. The van der Waals surface area contributed by atoms with Gasteiger partial charge in [-0.25, -0.2) is 9.37 Å². The van der Waals surface area contributed by atoms with E-state index in [1.165, 1.54) is 12.1 Å². The van der Waals surface area contributed by atoms with Crippen LogP contribution in [0.1, 0.15) is 24.7 Å². The Morgan fingerprint density at radius 3 is 2.84 bits per heavy atom. The summed E-state index contributed by atoms with van der Waals surface area (Å²) in [6.45, 7) is 2.03. The first-order valence-electron chi connectivity index (χ1n) is 8.66. The van der Waals surface area contributed by atoms with Crippen molar-refractivity contribution in [2.24, 2.45) is 0 Å². The topological polar surface area (TPSA) is 53.9 Å². The highest BCUT2D eigenvalue weighted by Crippen LogP contribution is 2.33. The molecule has 2 aromatic carbocycles. The summed E-state index contributed by atoms with van der Waals surface area (Å²) in [6, 6.07) is 10.9. The van der Waals surface area contributed by atoms with Crippen molar-refractivity contribution in [3.8, 4) is 11.1 Å². The van der Waals surface area contributed by atoms with Crippen LogP contribution in [0.15, 0.2) is 47.0 Å². The zero-order valence-corrected chi connectivity index (χ0v) is 13.7. The van der Waals surface area contributed by atoms with Gasteiger partial charge in [0.05, 0.1) is 0 Å². The van der Waals surface area contributed by atoms with Crippen molar-refractivity contribution in [1.82, 2.24) is 15.3 Å². The van der Waals surface area contributed by atoms with Gasteiger partial charge in [0.2, 0.25) is 0 Å². The Balaban J connectivity index is 1.57. The summed E-state index contributed by atoms with van der Waals surface area (Å²) in [5, 5.41) is 4.37. The van der Waals surface area contributed by atoms with Crippen LogP contribution < -0.4 is 5.32 Å². The normalized spacial score (nSPS) is 16.0. The number of H-pyrrole nitrogens is 1. The summed E-state index contributed by atoms with van der Waals surface area (Å²) in [5.41, 5.74) is 4.59. The number of fused-ring (bicyclic) bond motifs is 2. The molecule has 0 saturated carbocycles. The van der Waals surface area contributed by atoms with Crippen LogP contribution in [0.25, 0.3) is 33.1 Å². The summed E-state index contributed by atoms with van der Waals surface area (Å²) in [6.07, 6.45) is 4.04. The summed E-state index contributed by atoms with van der Waals surface area (Å²) < 4.78 is 19.4. The van der Waals surface area contributed by atoms with Crippen LogP contribution in [0.3, 0.4) is 0 Å². The molecule has 5 heteroatoms. The van der Waals surface area contributed by atoms with Gasteiger partial charge < -0.3 is 14.7 Å². The predicted molar refractivity (Wildman–Crippen MR) is 96.1 cm³/mol. The molecule has 1 aliphatic rings. The molecular weight excluding hydrogens is 317 g/mol. The van der Waals surface area contributed by atoms with E-state index in [2.05, 4.69) is 16.4 Å². The number of oxazole rings is 1. The molecule has 1 saturated heterocycles. The van der Waals surface area contributed by atoms with Gasteiger partial charge in [0.15, 0.2) is 11.5 Å². The molecule has 25 heavy (non-hydrogen) atoms. The molecule has 0 atom stereocenters. The van der Waals surface area contributed by atoms with Crippen LogP contribution in [-0.4, -0.2) is 23.1 Å². The van der Waals surface area contributed by atoms with Crippen molar-refractivity contribution in [2.75, 3.05) is 13.1 Å². The summed E-state index contributed by atoms with van der Waals surface area (Å²) >= 11 is 0. The lowest BCUT2D eigenvalue weighted by Crippen LogP contribution is -2.26. The first-order valence-corrected chi connectivity index (χ1v) is 8.66. The van der Waals surface area contributed by atoms with Gasteiger partial charge in [-0.05, 0) is 61.8 Å². The number of hydrogen-bond donors (Lipinski definition) is 2. The maximum absolute atomic E-state index is 13.4. The van der Waals surface area contributed by atoms with Gasteiger partial charge in [-0.15, -0.1) is 0 Å². The molecule has 0 spiro atoms. The van der Waals surface area contributed by atoms with Crippen LogP contribution in [0.4, 0.5) is 4.39 Å². The Morgan fingerprint density at radius 1 is 1.08 bits per heavy atom. The lowest BCUT2D eigenvalue weighted by Gasteiger charge is -2.19. The van der Waals surface area contributed by atoms with Crippen molar-refractivity contribution in [3.05, 3.63) is 54.3 Å². The van der Waals surface area contributed by atoms with E-state index in [9.17, 15) is 4.39 Å². The molecule has 0 bridgehead atoms. The fraction of sp³-hybridized carbons (Fsp3) is 0.250. The quantitative estimate of drug-likeness (QED) is 0.564. The monoisotopic (exact) mass is 335 g/mol. The van der Waals surface area contributed by atoms with Gasteiger partial charge in [-0.2, -0.15) is 0 Å². The number of halogens is 1. The van der Waals surface area contributed by atoms with E-state index in [-0.39, 0.29) is 5.82 Å². The number of rotatable bonds is 2. The SMILES string of the molecule is Fc1ccc2c(-c3ccc4oc(C5CCNCC5)nc4c3)c[nH]c2c1. The highest BCUT2D eigenvalue weighted by atomic mass is 19.1. The van der Waals surface area contributed by atoms with Crippen molar-refractivity contribution < 1.29 is 8.81 Å². The number of nitrogens with one attached hydrogen (secondary N) is 2. The van der Waals surface area contributed by atoms with E-state index in [1.807, 2.05) is 24.4 Å². The van der Waals surface area contributed by atoms with Crippen LogP contribution in [-0.2, 0) is 0 Å². The van der Waals surface area contributed by atoms with Gasteiger partial charge in [0, 0.05) is 28.6 Å². The Bertz CT molecular complexity index is 1060. The number of hydrogen-bond acceptors (Lipinski definition) is 3. The molecule has 0 aliphatic carbocycles. The number of piperidine rings is 1. The van der Waals surface area contributed by atoms with Crippen molar-refractivity contribution in [1.29, 1.82) is 0 Å². The molecule has 4 nitrogen and oxygen atoms in total. The summed E-state index contributed by atoms with van der Waals surface area (Å²) in [5.74, 6) is 1.00. The lowest BCUT2D eigenvalue weighted by molar-refractivity contribution is 0.385. The molecule has 0 amide bonds. The minimum Gasteiger partial charge on any atom is -0.440 e. The third-order valence-corrected chi connectivity index (χ3v) is 5.05. The highest BCUT2D eigenvalue weighted by molar-refractivity contribution is 5.97. The number of aromatic nitrogens is 2. The fourth-order valence-corrected chi connectivity index (χ4v) is 3.69. The Labute approximate surface area is 144 Å². The van der Waals surface area contributed by atoms with Gasteiger partial charge in [-0.3, -0.25) is 0 Å². The molecule has 0 radical (unpaired) electrons. The largest absolute Gasteiger partial charge is 0.440 e. The maximum atomic E-state index is 13.4. The smallest absolute Gasteiger partial charge is 0.198 e. The van der Waals surface area contributed by atoms with E-state index in [4.69, 9.17) is 9.40 Å². The third kappa shape index (κ3) is 2.51. The second kappa shape index (κ2) is 5.70. The fourth-order valence-electron chi connectivity index (χ4n) is 3.69. The van der Waals surface area contributed by atoms with E-state index < -0.39 is 0 Å². The lowest BCUT2D eigenvalue weighted by atomic mass is 9.98. The van der Waals surface area contributed by atoms with Crippen LogP contribution in [0.2, 0.25) is 0 Å². The highest BCUT2D eigenvalue weighted by Gasteiger charge is 2.21. The summed E-state index contributed by atoms with van der Waals surface area (Å²) in [4.78, 5) is 7.88. The van der Waals surface area contributed by atoms with Gasteiger partial charge >= 0.3 is 0 Å².